The van der Waals surface area contributed by atoms with E-state index in [1.165, 1.54) is 16.6 Å². The van der Waals surface area contributed by atoms with Gasteiger partial charge in [0, 0.05) is 59.5 Å². The van der Waals surface area contributed by atoms with Crippen molar-refractivity contribution in [1.29, 1.82) is 0 Å². The summed E-state index contributed by atoms with van der Waals surface area (Å²) in [6.45, 7) is 3.10. The standard InChI is InChI=1S/C34H37N3O3/c1-2-18-40-34(39)27-9-4-8-26(21-27)33(38)20-24-6-3-7-25(19-24)22-36-29-12-14-30(15-13-29)37-32-11-5-10-28-23-35-17-16-31(28)32/h3-11,16-17,19,21,23,29-30,36-37H,2,12-15,18,20,22H2,1H3. The van der Waals surface area contributed by atoms with Gasteiger partial charge >= 0.3 is 5.97 Å². The molecule has 40 heavy (non-hydrogen) atoms. The fraction of sp³-hybridized carbons (Fsp3) is 0.324. The summed E-state index contributed by atoms with van der Waals surface area (Å²) >= 11 is 0. The average Bonchev–Trinajstić information content (AvgIpc) is 3.00. The van der Waals surface area contributed by atoms with Gasteiger partial charge in [0.25, 0.3) is 0 Å². The molecule has 1 heterocycles. The number of anilines is 1. The van der Waals surface area contributed by atoms with E-state index in [2.05, 4.69) is 52.0 Å². The minimum atomic E-state index is -0.388. The number of ether oxygens (including phenoxy) is 1. The highest BCUT2D eigenvalue weighted by Gasteiger charge is 2.21. The molecule has 0 aliphatic heterocycles. The van der Waals surface area contributed by atoms with Crippen LogP contribution < -0.4 is 10.6 Å². The molecule has 6 heteroatoms. The summed E-state index contributed by atoms with van der Waals surface area (Å²) in [6, 6.07) is 24.4. The van der Waals surface area contributed by atoms with Crippen LogP contribution in [-0.4, -0.2) is 35.4 Å². The molecule has 206 valence electrons. The van der Waals surface area contributed by atoms with Crippen molar-refractivity contribution in [3.63, 3.8) is 0 Å². The second-order valence-electron chi connectivity index (χ2n) is 10.6. The van der Waals surface area contributed by atoms with E-state index in [9.17, 15) is 9.59 Å². The van der Waals surface area contributed by atoms with E-state index in [4.69, 9.17) is 4.74 Å². The number of nitrogens with zero attached hydrogens (tertiary/aromatic N) is 1. The lowest BCUT2D eigenvalue weighted by Crippen LogP contribution is -2.36. The van der Waals surface area contributed by atoms with Crippen molar-refractivity contribution < 1.29 is 14.3 Å². The van der Waals surface area contributed by atoms with Crippen molar-refractivity contribution >= 4 is 28.2 Å². The van der Waals surface area contributed by atoms with E-state index < -0.39 is 0 Å². The van der Waals surface area contributed by atoms with Crippen molar-refractivity contribution in [2.24, 2.45) is 0 Å². The van der Waals surface area contributed by atoms with Gasteiger partial charge < -0.3 is 15.4 Å². The normalized spacial score (nSPS) is 16.9. The molecular formula is C34H37N3O3. The van der Waals surface area contributed by atoms with Crippen molar-refractivity contribution in [2.75, 3.05) is 11.9 Å². The number of benzene rings is 3. The van der Waals surface area contributed by atoms with E-state index in [1.807, 2.05) is 31.5 Å². The fourth-order valence-corrected chi connectivity index (χ4v) is 5.41. The van der Waals surface area contributed by atoms with Crippen LogP contribution in [0.5, 0.6) is 0 Å². The van der Waals surface area contributed by atoms with Crippen molar-refractivity contribution in [3.05, 3.63) is 107 Å². The summed E-state index contributed by atoms with van der Waals surface area (Å²) in [5, 5.41) is 9.87. The molecule has 0 atom stereocenters. The molecule has 1 fully saturated rings. The van der Waals surface area contributed by atoms with Gasteiger partial charge in [-0.25, -0.2) is 4.79 Å². The molecule has 0 spiro atoms. The van der Waals surface area contributed by atoms with Crippen LogP contribution in [0.2, 0.25) is 0 Å². The monoisotopic (exact) mass is 535 g/mol. The first-order chi connectivity index (χ1) is 19.6. The SMILES string of the molecule is CCCOC(=O)c1cccc(C(=O)Cc2cccc(CNC3CCC(Nc4cccc5cnccc45)CC3)c2)c1. The lowest BCUT2D eigenvalue weighted by atomic mass is 9.90. The molecule has 4 aromatic rings. The number of fused-ring (bicyclic) bond motifs is 1. The van der Waals surface area contributed by atoms with Crippen molar-refractivity contribution in [1.82, 2.24) is 10.3 Å². The molecule has 0 radical (unpaired) electrons. The summed E-state index contributed by atoms with van der Waals surface area (Å²) in [5.74, 6) is -0.399. The number of rotatable bonds is 11. The number of pyridine rings is 1. The Morgan fingerprint density at radius 2 is 1.62 bits per heavy atom. The number of hydrogen-bond acceptors (Lipinski definition) is 6. The predicted octanol–water partition coefficient (Wildman–Crippen LogP) is 6.74. The topological polar surface area (TPSA) is 80.3 Å². The number of esters is 1. The Bertz CT molecular complexity index is 1450. The first-order valence-corrected chi connectivity index (χ1v) is 14.3. The summed E-state index contributed by atoms with van der Waals surface area (Å²) < 4.78 is 5.21. The molecule has 1 aliphatic carbocycles. The number of aromatic nitrogens is 1. The number of carbonyl (C=O) groups is 2. The van der Waals surface area contributed by atoms with Crippen LogP contribution in [0.4, 0.5) is 5.69 Å². The molecule has 6 nitrogen and oxygen atoms in total. The van der Waals surface area contributed by atoms with Crippen LogP contribution in [0, 0.1) is 0 Å². The third kappa shape index (κ3) is 7.13. The Hall–Kier alpha value is -4.03. The first-order valence-electron chi connectivity index (χ1n) is 14.3. The van der Waals surface area contributed by atoms with Crippen LogP contribution in [0.15, 0.2) is 85.2 Å². The van der Waals surface area contributed by atoms with Gasteiger partial charge in [0.1, 0.15) is 0 Å². The Morgan fingerprint density at radius 1 is 0.875 bits per heavy atom. The molecule has 0 saturated heterocycles. The predicted molar refractivity (Wildman–Crippen MR) is 160 cm³/mol. The van der Waals surface area contributed by atoms with E-state index in [0.29, 0.717) is 36.2 Å². The summed E-state index contributed by atoms with van der Waals surface area (Å²) in [6.07, 6.45) is 9.32. The third-order valence-electron chi connectivity index (χ3n) is 7.58. The summed E-state index contributed by atoms with van der Waals surface area (Å²) in [4.78, 5) is 29.4. The van der Waals surface area contributed by atoms with Crippen LogP contribution in [0.1, 0.15) is 70.9 Å². The summed E-state index contributed by atoms with van der Waals surface area (Å²) in [5.41, 5.74) is 4.27. The molecule has 2 N–H and O–H groups in total. The first kappa shape index (κ1) is 27.5. The van der Waals surface area contributed by atoms with E-state index in [0.717, 1.165) is 49.6 Å². The van der Waals surface area contributed by atoms with E-state index >= 15 is 0 Å². The zero-order valence-electron chi connectivity index (χ0n) is 23.1. The van der Waals surface area contributed by atoms with E-state index in [1.54, 1.807) is 24.3 Å². The Kier molecular flexibility index (Phi) is 9.19. The molecule has 0 bridgehead atoms. The molecular weight excluding hydrogens is 498 g/mol. The van der Waals surface area contributed by atoms with Gasteiger partial charge in [0.05, 0.1) is 12.2 Å². The molecule has 5 rings (SSSR count). The van der Waals surface area contributed by atoms with Crippen molar-refractivity contribution in [3.8, 4) is 0 Å². The molecule has 1 saturated carbocycles. The number of Topliss-reactive ketones (excluding diaryl/α,β-unsaturated/α-hetero) is 1. The number of carbonyl (C=O) groups excluding carboxylic acids is 2. The highest BCUT2D eigenvalue weighted by atomic mass is 16.5. The molecule has 0 unspecified atom stereocenters. The molecule has 1 aliphatic rings. The molecule has 0 amide bonds. The maximum Gasteiger partial charge on any atom is 0.338 e. The maximum atomic E-state index is 13.0. The Balaban J connectivity index is 1.11. The van der Waals surface area contributed by atoms with Gasteiger partial charge in [-0.2, -0.15) is 0 Å². The largest absolute Gasteiger partial charge is 0.462 e. The Morgan fingerprint density at radius 3 is 2.48 bits per heavy atom. The number of hydrogen-bond donors (Lipinski definition) is 2. The van der Waals surface area contributed by atoms with Crippen LogP contribution in [0.25, 0.3) is 10.8 Å². The fourth-order valence-electron chi connectivity index (χ4n) is 5.41. The van der Waals surface area contributed by atoms with Gasteiger partial charge in [0.15, 0.2) is 5.78 Å². The molecule has 1 aromatic heterocycles. The highest BCUT2D eigenvalue weighted by molar-refractivity contribution is 6.00. The van der Waals surface area contributed by atoms with Crippen molar-refractivity contribution in [2.45, 2.75) is 64.1 Å². The average molecular weight is 536 g/mol. The zero-order chi connectivity index (χ0) is 27.7. The van der Waals surface area contributed by atoms with Gasteiger partial charge in [-0.05, 0) is 67.5 Å². The minimum Gasteiger partial charge on any atom is -0.462 e. The van der Waals surface area contributed by atoms with E-state index in [-0.39, 0.29) is 11.8 Å². The summed E-state index contributed by atoms with van der Waals surface area (Å²) in [7, 11) is 0. The quantitative estimate of drug-likeness (QED) is 0.164. The van der Waals surface area contributed by atoms with Gasteiger partial charge in [0.2, 0.25) is 0 Å². The second-order valence-corrected chi connectivity index (χ2v) is 10.6. The second kappa shape index (κ2) is 13.4. The Labute approximate surface area is 236 Å². The number of ketones is 1. The van der Waals surface area contributed by atoms with Crippen LogP contribution >= 0.6 is 0 Å². The van der Waals surface area contributed by atoms with Gasteiger partial charge in [-0.3, -0.25) is 9.78 Å². The lowest BCUT2D eigenvalue weighted by molar-refractivity contribution is 0.0505. The maximum absolute atomic E-state index is 13.0. The minimum absolute atomic E-state index is 0.0106. The van der Waals surface area contributed by atoms with Gasteiger partial charge in [-0.1, -0.05) is 55.5 Å². The lowest BCUT2D eigenvalue weighted by Gasteiger charge is -2.30. The van der Waals surface area contributed by atoms with Crippen LogP contribution in [0.3, 0.4) is 0 Å². The van der Waals surface area contributed by atoms with Gasteiger partial charge in [-0.15, -0.1) is 0 Å². The number of nitrogens with one attached hydrogen (secondary N) is 2. The molecule has 3 aromatic carbocycles. The smallest absolute Gasteiger partial charge is 0.338 e. The highest BCUT2D eigenvalue weighted by Crippen LogP contribution is 2.27. The zero-order valence-corrected chi connectivity index (χ0v) is 23.1. The third-order valence-corrected chi connectivity index (χ3v) is 7.58. The van der Waals surface area contributed by atoms with Crippen LogP contribution in [-0.2, 0) is 17.7 Å².